The molecule has 0 aromatic carbocycles. The molecule has 1 aliphatic carbocycles. The Morgan fingerprint density at radius 3 is 2.71 bits per heavy atom. The van der Waals surface area contributed by atoms with Crippen LogP contribution in [0.25, 0.3) is 0 Å². The molecular formula is C11H14ClNO3S. The third-order valence-corrected chi connectivity index (χ3v) is 4.75. The predicted octanol–water partition coefficient (Wildman–Crippen LogP) is 1.82. The Morgan fingerprint density at radius 1 is 1.47 bits per heavy atom. The average molecular weight is 276 g/mol. The number of hydrogen-bond acceptors (Lipinski definition) is 4. The van der Waals surface area contributed by atoms with Crippen molar-refractivity contribution in [2.24, 2.45) is 0 Å². The van der Waals surface area contributed by atoms with Crippen LogP contribution in [0.2, 0.25) is 5.02 Å². The van der Waals surface area contributed by atoms with E-state index in [4.69, 9.17) is 11.6 Å². The third kappa shape index (κ3) is 2.19. The Morgan fingerprint density at radius 2 is 2.12 bits per heavy atom. The van der Waals surface area contributed by atoms with Crippen molar-refractivity contribution in [3.63, 3.8) is 0 Å². The number of sulfone groups is 1. The number of rotatable bonds is 1. The molecule has 1 N–H and O–H groups in total. The molecule has 1 aromatic rings. The van der Waals surface area contributed by atoms with E-state index in [2.05, 4.69) is 4.98 Å². The zero-order valence-corrected chi connectivity index (χ0v) is 11.3. The number of aromatic nitrogens is 1. The quantitative estimate of drug-likeness (QED) is 0.849. The molecule has 1 unspecified atom stereocenters. The average Bonchev–Trinajstić information content (AvgIpc) is 2.19. The van der Waals surface area contributed by atoms with E-state index in [9.17, 15) is 13.5 Å². The lowest BCUT2D eigenvalue weighted by Crippen LogP contribution is -2.17. The van der Waals surface area contributed by atoms with Crippen LogP contribution in [0, 0.1) is 6.92 Å². The van der Waals surface area contributed by atoms with Gasteiger partial charge in [-0.05, 0) is 31.7 Å². The summed E-state index contributed by atoms with van der Waals surface area (Å²) >= 11 is 6.04. The summed E-state index contributed by atoms with van der Waals surface area (Å²) in [6.07, 6.45) is 2.41. The van der Waals surface area contributed by atoms with Crippen LogP contribution in [0.15, 0.2) is 4.90 Å². The van der Waals surface area contributed by atoms with Crippen LogP contribution in [0.5, 0.6) is 0 Å². The zero-order valence-electron chi connectivity index (χ0n) is 9.70. The molecule has 1 aromatic heterocycles. The maximum Gasteiger partial charge on any atom is 0.177 e. The Kier molecular flexibility index (Phi) is 3.18. The van der Waals surface area contributed by atoms with Crippen molar-refractivity contribution in [2.75, 3.05) is 6.26 Å². The van der Waals surface area contributed by atoms with Gasteiger partial charge in [0.25, 0.3) is 0 Å². The van der Waals surface area contributed by atoms with Gasteiger partial charge in [0, 0.05) is 6.26 Å². The first-order valence-corrected chi connectivity index (χ1v) is 7.66. The van der Waals surface area contributed by atoms with Gasteiger partial charge in [-0.25, -0.2) is 8.42 Å². The van der Waals surface area contributed by atoms with Gasteiger partial charge < -0.3 is 5.11 Å². The number of pyridine rings is 1. The van der Waals surface area contributed by atoms with Gasteiger partial charge in [0.2, 0.25) is 0 Å². The van der Waals surface area contributed by atoms with Gasteiger partial charge in [-0.3, -0.25) is 4.98 Å². The number of fused-ring (bicyclic) bond motifs is 1. The third-order valence-electron chi connectivity index (χ3n) is 2.98. The number of nitrogens with zero attached hydrogens (tertiary/aromatic N) is 1. The highest BCUT2D eigenvalue weighted by molar-refractivity contribution is 7.90. The summed E-state index contributed by atoms with van der Waals surface area (Å²) in [6.45, 7) is 1.65. The second kappa shape index (κ2) is 4.23. The van der Waals surface area contributed by atoms with Crippen LogP contribution in [0.3, 0.4) is 0 Å². The van der Waals surface area contributed by atoms with Gasteiger partial charge >= 0.3 is 0 Å². The summed E-state index contributed by atoms with van der Waals surface area (Å²) in [5.74, 6) is 0. The normalized spacial score (nSPS) is 20.1. The molecule has 17 heavy (non-hydrogen) atoms. The fraction of sp³-hybridized carbons (Fsp3) is 0.545. The molecule has 0 amide bonds. The van der Waals surface area contributed by atoms with E-state index in [0.29, 0.717) is 29.8 Å². The van der Waals surface area contributed by atoms with Crippen LogP contribution in [-0.4, -0.2) is 24.8 Å². The Balaban J connectivity index is 2.82. The van der Waals surface area contributed by atoms with Gasteiger partial charge in [-0.15, -0.1) is 0 Å². The Labute approximate surface area is 106 Å². The predicted molar refractivity (Wildman–Crippen MR) is 65.0 cm³/mol. The van der Waals surface area contributed by atoms with E-state index in [0.717, 1.165) is 12.7 Å². The lowest BCUT2D eigenvalue weighted by atomic mass is 9.93. The zero-order chi connectivity index (χ0) is 12.8. The van der Waals surface area contributed by atoms with Crippen molar-refractivity contribution >= 4 is 21.4 Å². The van der Waals surface area contributed by atoms with Gasteiger partial charge in [0.05, 0.1) is 27.4 Å². The first-order chi connectivity index (χ1) is 7.82. The van der Waals surface area contributed by atoms with Crippen molar-refractivity contribution in [2.45, 2.75) is 37.2 Å². The second-order valence-corrected chi connectivity index (χ2v) is 6.71. The van der Waals surface area contributed by atoms with Crippen molar-refractivity contribution < 1.29 is 13.5 Å². The smallest absolute Gasteiger partial charge is 0.177 e. The Bertz CT molecular complexity index is 569. The van der Waals surface area contributed by atoms with Crippen molar-refractivity contribution in [3.8, 4) is 0 Å². The van der Waals surface area contributed by atoms with Crippen molar-refractivity contribution in [1.82, 2.24) is 4.98 Å². The molecular weight excluding hydrogens is 262 g/mol. The van der Waals surface area contributed by atoms with Gasteiger partial charge in [-0.2, -0.15) is 0 Å². The van der Waals surface area contributed by atoms with E-state index in [1.54, 1.807) is 6.92 Å². The lowest BCUT2D eigenvalue weighted by molar-refractivity contribution is 0.150. The number of hydrogen-bond donors (Lipinski definition) is 1. The SMILES string of the molecule is Cc1nc2c(c(S(C)(=O)=O)c1Cl)CCCC2O. The maximum absolute atomic E-state index is 11.8. The number of aliphatic hydroxyl groups is 1. The highest BCUT2D eigenvalue weighted by atomic mass is 35.5. The van der Waals surface area contributed by atoms with Crippen molar-refractivity contribution in [1.29, 1.82) is 0 Å². The molecule has 1 atom stereocenters. The topological polar surface area (TPSA) is 67.3 Å². The lowest BCUT2D eigenvalue weighted by Gasteiger charge is -2.23. The van der Waals surface area contributed by atoms with Gasteiger partial charge in [0.1, 0.15) is 0 Å². The monoisotopic (exact) mass is 275 g/mol. The van der Waals surface area contributed by atoms with Crippen LogP contribution in [0.1, 0.15) is 35.9 Å². The molecule has 0 spiro atoms. The minimum Gasteiger partial charge on any atom is -0.387 e. The van der Waals surface area contributed by atoms with E-state index >= 15 is 0 Å². The number of aliphatic hydroxyl groups excluding tert-OH is 1. The summed E-state index contributed by atoms with van der Waals surface area (Å²) in [7, 11) is -3.40. The van der Waals surface area contributed by atoms with E-state index in [-0.39, 0.29) is 9.92 Å². The van der Waals surface area contributed by atoms with Crippen LogP contribution in [-0.2, 0) is 16.3 Å². The molecule has 94 valence electrons. The summed E-state index contributed by atoms with van der Waals surface area (Å²) in [4.78, 5) is 4.36. The van der Waals surface area contributed by atoms with Crippen molar-refractivity contribution in [3.05, 3.63) is 22.0 Å². The Hall–Kier alpha value is -0.650. The fourth-order valence-electron chi connectivity index (χ4n) is 2.22. The summed E-state index contributed by atoms with van der Waals surface area (Å²) in [5.41, 5.74) is 1.51. The summed E-state index contributed by atoms with van der Waals surface area (Å²) in [5, 5.41) is 10.0. The summed E-state index contributed by atoms with van der Waals surface area (Å²) < 4.78 is 23.6. The molecule has 0 fully saturated rings. The van der Waals surface area contributed by atoms with Crippen LogP contribution in [0.4, 0.5) is 0 Å². The first kappa shape index (κ1) is 12.8. The minimum atomic E-state index is -3.40. The standard InChI is InChI=1S/C11H14ClNO3S/c1-6-9(12)11(17(2,15)16)7-4-3-5-8(14)10(7)13-6/h8,14H,3-5H2,1-2H3. The molecule has 6 heteroatoms. The molecule has 0 aliphatic heterocycles. The molecule has 0 saturated heterocycles. The molecule has 0 radical (unpaired) electrons. The molecule has 2 rings (SSSR count). The van der Waals surface area contributed by atoms with Crippen LogP contribution < -0.4 is 0 Å². The van der Waals surface area contributed by atoms with E-state index < -0.39 is 15.9 Å². The molecule has 1 heterocycles. The highest BCUT2D eigenvalue weighted by Crippen LogP contribution is 2.37. The van der Waals surface area contributed by atoms with Gasteiger partial charge in [0.15, 0.2) is 9.84 Å². The maximum atomic E-state index is 11.8. The molecule has 4 nitrogen and oxygen atoms in total. The minimum absolute atomic E-state index is 0.139. The molecule has 1 aliphatic rings. The number of halogens is 1. The van der Waals surface area contributed by atoms with E-state index in [1.165, 1.54) is 0 Å². The first-order valence-electron chi connectivity index (χ1n) is 5.39. The highest BCUT2D eigenvalue weighted by Gasteiger charge is 2.29. The van der Waals surface area contributed by atoms with E-state index in [1.807, 2.05) is 0 Å². The summed E-state index contributed by atoms with van der Waals surface area (Å²) in [6, 6.07) is 0. The second-order valence-electron chi connectivity index (χ2n) is 4.38. The largest absolute Gasteiger partial charge is 0.387 e. The molecule has 0 saturated carbocycles. The number of aryl methyl sites for hydroxylation is 1. The fourth-order valence-corrected chi connectivity index (χ4v) is 3.93. The van der Waals surface area contributed by atoms with Crippen LogP contribution >= 0.6 is 11.6 Å². The molecule has 0 bridgehead atoms. The van der Waals surface area contributed by atoms with Gasteiger partial charge in [-0.1, -0.05) is 11.6 Å².